The monoisotopic (exact) mass is 374 g/mol. The molecule has 0 fully saturated rings. The highest BCUT2D eigenvalue weighted by Crippen LogP contribution is 2.17. The number of thiol groups is 1. The van der Waals surface area contributed by atoms with E-state index in [1.165, 1.54) is 0 Å². The normalized spacial score (nSPS) is 12.1. The Kier molecular flexibility index (Phi) is 12.2. The maximum atomic E-state index is 11.8. The van der Waals surface area contributed by atoms with Crippen molar-refractivity contribution in [3.05, 3.63) is 0 Å². The smallest absolute Gasteiger partial charge is 0.220 e. The van der Waals surface area contributed by atoms with E-state index in [0.29, 0.717) is 26.0 Å². The molecule has 2 N–H and O–H groups in total. The maximum absolute atomic E-state index is 11.8. The molecule has 0 bridgehead atoms. The van der Waals surface area contributed by atoms with Crippen molar-refractivity contribution in [3.63, 3.8) is 0 Å². The average molecular weight is 375 g/mol. The van der Waals surface area contributed by atoms with Crippen molar-refractivity contribution in [2.75, 3.05) is 18.9 Å². The van der Waals surface area contributed by atoms with E-state index in [-0.39, 0.29) is 23.0 Å². The lowest BCUT2D eigenvalue weighted by Gasteiger charge is -2.30. The molecular weight excluding hydrogens is 336 g/mol. The largest absolute Gasteiger partial charge is 0.375 e. The molecule has 0 aliphatic heterocycles. The van der Waals surface area contributed by atoms with Crippen molar-refractivity contribution in [2.45, 2.75) is 90.7 Å². The Hall–Kier alpha value is -0.750. The number of amides is 2. The first kappa shape index (κ1) is 24.2. The van der Waals surface area contributed by atoms with Crippen molar-refractivity contribution in [1.29, 1.82) is 0 Å². The minimum Gasteiger partial charge on any atom is -0.375 e. The predicted octanol–water partition coefficient (Wildman–Crippen LogP) is 3.47. The standard InChI is InChI=1S/C19H38N2O3S/c1-6-7-9-16(22)20-13-11-19(4,5)24-14-12-18(2,3)21-17(23)10-8-15-25/h25H,6-15H2,1-5H3,(H,20,22)(H,21,23). The topological polar surface area (TPSA) is 67.4 Å². The van der Waals surface area contributed by atoms with Crippen LogP contribution in [0, 0.1) is 0 Å². The molecule has 0 heterocycles. The van der Waals surface area contributed by atoms with Gasteiger partial charge in [0.25, 0.3) is 0 Å². The molecule has 0 spiro atoms. The number of hydrogen-bond acceptors (Lipinski definition) is 4. The van der Waals surface area contributed by atoms with E-state index in [0.717, 1.165) is 37.9 Å². The Morgan fingerprint density at radius 3 is 2.24 bits per heavy atom. The van der Waals surface area contributed by atoms with Crippen molar-refractivity contribution in [3.8, 4) is 0 Å². The molecule has 0 aromatic heterocycles. The van der Waals surface area contributed by atoms with Crippen molar-refractivity contribution < 1.29 is 14.3 Å². The molecule has 0 aromatic carbocycles. The fourth-order valence-electron chi connectivity index (χ4n) is 2.33. The molecule has 148 valence electrons. The quantitative estimate of drug-likeness (QED) is 0.408. The van der Waals surface area contributed by atoms with Gasteiger partial charge >= 0.3 is 0 Å². The molecule has 0 saturated carbocycles. The van der Waals surface area contributed by atoms with E-state index in [9.17, 15) is 9.59 Å². The Morgan fingerprint density at radius 2 is 1.64 bits per heavy atom. The molecule has 0 radical (unpaired) electrons. The molecule has 0 atom stereocenters. The number of rotatable bonds is 14. The third-order valence-corrected chi connectivity index (χ3v) is 4.38. The zero-order chi connectivity index (χ0) is 19.3. The first-order valence-corrected chi connectivity index (χ1v) is 10.1. The highest BCUT2D eigenvalue weighted by molar-refractivity contribution is 7.80. The van der Waals surface area contributed by atoms with E-state index in [1.54, 1.807) is 0 Å². The SMILES string of the molecule is CCCCC(=O)NCCC(C)(C)OCCC(C)(C)NC(=O)CCCS. The van der Waals surface area contributed by atoms with Gasteiger partial charge in [0.2, 0.25) is 11.8 Å². The molecular formula is C19H38N2O3S. The van der Waals surface area contributed by atoms with Crippen LogP contribution in [-0.2, 0) is 14.3 Å². The second-order valence-corrected chi connectivity index (χ2v) is 8.27. The van der Waals surface area contributed by atoms with Crippen LogP contribution >= 0.6 is 12.6 Å². The van der Waals surface area contributed by atoms with Crippen LogP contribution in [0.3, 0.4) is 0 Å². The van der Waals surface area contributed by atoms with Gasteiger partial charge in [0, 0.05) is 31.5 Å². The Bertz CT molecular complexity index is 398. The number of carbonyl (C=O) groups excluding carboxylic acids is 2. The lowest BCUT2D eigenvalue weighted by molar-refractivity contribution is -0.123. The van der Waals surface area contributed by atoms with Gasteiger partial charge in [-0.15, -0.1) is 0 Å². The van der Waals surface area contributed by atoms with E-state index in [4.69, 9.17) is 4.74 Å². The van der Waals surface area contributed by atoms with Crippen LogP contribution in [0.2, 0.25) is 0 Å². The molecule has 0 saturated heterocycles. The lowest BCUT2D eigenvalue weighted by atomic mass is 10.00. The van der Waals surface area contributed by atoms with Crippen LogP contribution in [0.15, 0.2) is 0 Å². The van der Waals surface area contributed by atoms with E-state index < -0.39 is 0 Å². The van der Waals surface area contributed by atoms with Crippen LogP contribution in [0.25, 0.3) is 0 Å². The van der Waals surface area contributed by atoms with Gasteiger partial charge in [-0.3, -0.25) is 9.59 Å². The van der Waals surface area contributed by atoms with Crippen molar-refractivity contribution >= 4 is 24.4 Å². The summed E-state index contributed by atoms with van der Waals surface area (Å²) in [5, 5.41) is 5.99. The van der Waals surface area contributed by atoms with Crippen LogP contribution < -0.4 is 10.6 Å². The van der Waals surface area contributed by atoms with Gasteiger partial charge in [0.1, 0.15) is 0 Å². The predicted molar refractivity (Wildman–Crippen MR) is 107 cm³/mol. The summed E-state index contributed by atoms with van der Waals surface area (Å²) < 4.78 is 5.98. The summed E-state index contributed by atoms with van der Waals surface area (Å²) in [4.78, 5) is 23.4. The Morgan fingerprint density at radius 1 is 1.00 bits per heavy atom. The van der Waals surface area contributed by atoms with Gasteiger partial charge in [0.15, 0.2) is 0 Å². The van der Waals surface area contributed by atoms with E-state index in [1.807, 2.05) is 27.7 Å². The molecule has 5 nitrogen and oxygen atoms in total. The zero-order valence-electron chi connectivity index (χ0n) is 16.7. The Balaban J connectivity index is 4.02. The highest BCUT2D eigenvalue weighted by Gasteiger charge is 2.23. The summed E-state index contributed by atoms with van der Waals surface area (Å²) in [6.07, 6.45) is 5.36. The number of ether oxygens (including phenoxy) is 1. The zero-order valence-corrected chi connectivity index (χ0v) is 17.6. The third kappa shape index (κ3) is 14.1. The van der Waals surface area contributed by atoms with Gasteiger partial charge in [0.05, 0.1) is 5.60 Å². The summed E-state index contributed by atoms with van der Waals surface area (Å²) in [7, 11) is 0. The maximum Gasteiger partial charge on any atom is 0.220 e. The van der Waals surface area contributed by atoms with E-state index in [2.05, 4.69) is 30.2 Å². The first-order chi connectivity index (χ1) is 11.6. The van der Waals surface area contributed by atoms with Crippen molar-refractivity contribution in [1.82, 2.24) is 10.6 Å². The van der Waals surface area contributed by atoms with E-state index >= 15 is 0 Å². The Labute approximate surface area is 159 Å². The molecule has 0 unspecified atom stereocenters. The lowest BCUT2D eigenvalue weighted by Crippen LogP contribution is -2.44. The number of hydrogen-bond donors (Lipinski definition) is 3. The first-order valence-electron chi connectivity index (χ1n) is 9.44. The second-order valence-electron chi connectivity index (χ2n) is 7.82. The fourth-order valence-corrected chi connectivity index (χ4v) is 2.48. The fraction of sp³-hybridized carbons (Fsp3) is 0.895. The van der Waals surface area contributed by atoms with Crippen LogP contribution in [0.1, 0.15) is 79.6 Å². The minimum absolute atomic E-state index is 0.0631. The van der Waals surface area contributed by atoms with Gasteiger partial charge < -0.3 is 15.4 Å². The molecule has 0 rings (SSSR count). The van der Waals surface area contributed by atoms with Gasteiger partial charge in [-0.1, -0.05) is 13.3 Å². The van der Waals surface area contributed by atoms with Gasteiger partial charge in [-0.25, -0.2) is 0 Å². The molecule has 2 amide bonds. The van der Waals surface area contributed by atoms with Gasteiger partial charge in [-0.05, 0) is 59.1 Å². The summed E-state index contributed by atoms with van der Waals surface area (Å²) in [5.74, 6) is 0.899. The van der Waals surface area contributed by atoms with Crippen LogP contribution in [0.4, 0.5) is 0 Å². The summed E-state index contributed by atoms with van der Waals surface area (Å²) in [5.41, 5.74) is -0.595. The summed E-state index contributed by atoms with van der Waals surface area (Å²) in [6, 6.07) is 0. The second kappa shape index (κ2) is 12.6. The number of carbonyl (C=O) groups is 2. The number of unbranched alkanes of at least 4 members (excludes halogenated alkanes) is 1. The third-order valence-electron chi connectivity index (χ3n) is 4.07. The van der Waals surface area contributed by atoms with Gasteiger partial charge in [-0.2, -0.15) is 12.6 Å². The van der Waals surface area contributed by atoms with Crippen LogP contribution in [0.5, 0.6) is 0 Å². The molecule has 0 aromatic rings. The van der Waals surface area contributed by atoms with Crippen molar-refractivity contribution in [2.24, 2.45) is 0 Å². The minimum atomic E-state index is -0.301. The van der Waals surface area contributed by atoms with Crippen LogP contribution in [-0.4, -0.2) is 41.9 Å². The average Bonchev–Trinajstić information content (AvgIpc) is 2.49. The molecule has 0 aliphatic carbocycles. The molecule has 6 heteroatoms. The molecule has 0 aliphatic rings. The summed E-state index contributed by atoms with van der Waals surface area (Å²) >= 11 is 4.13. The molecule has 25 heavy (non-hydrogen) atoms. The highest BCUT2D eigenvalue weighted by atomic mass is 32.1. The summed E-state index contributed by atoms with van der Waals surface area (Å²) in [6.45, 7) is 11.4. The number of nitrogens with one attached hydrogen (secondary N) is 2.